The zero-order valence-corrected chi connectivity index (χ0v) is 17.8. The van der Waals surface area contributed by atoms with Gasteiger partial charge in [0.1, 0.15) is 35.6 Å². The molecule has 0 aliphatic rings. The Bertz CT molecular complexity index is 1250. The van der Waals surface area contributed by atoms with E-state index in [1.165, 1.54) is 31.4 Å². The van der Waals surface area contributed by atoms with E-state index in [9.17, 15) is 27.6 Å². The maximum Gasteiger partial charge on any atom is 0.416 e. The van der Waals surface area contributed by atoms with Gasteiger partial charge in [-0.15, -0.1) is 0 Å². The number of ether oxygens (including phenoxy) is 2. The van der Waals surface area contributed by atoms with Crippen LogP contribution in [-0.4, -0.2) is 13.0 Å². The fraction of sp³-hybridized carbons (Fsp3) is 0.120. The lowest BCUT2D eigenvalue weighted by molar-refractivity contribution is -0.137. The standard InChI is InChI=1S/C25H18F4N2O3/c1-33-22-10-7-17(23(13-22)34-15-16-5-8-20(26)9-6-16)11-18(14-30)24(32)31-21-4-2-3-19(12-21)25(27,28)29/h2-13H,15H2,1H3,(H,31,32)/b18-11+. The van der Waals surface area contributed by atoms with Gasteiger partial charge in [-0.2, -0.15) is 18.4 Å². The molecule has 0 saturated carbocycles. The molecular formula is C25H18F4N2O3. The molecule has 0 radical (unpaired) electrons. The Kier molecular flexibility index (Phi) is 7.53. The number of rotatable bonds is 7. The average molecular weight is 470 g/mol. The molecule has 0 aliphatic heterocycles. The van der Waals surface area contributed by atoms with Crippen LogP contribution in [0.1, 0.15) is 16.7 Å². The second kappa shape index (κ2) is 10.5. The number of amides is 1. The number of nitrogens with zero attached hydrogens (tertiary/aromatic N) is 1. The summed E-state index contributed by atoms with van der Waals surface area (Å²) in [5.74, 6) is -0.539. The Balaban J connectivity index is 1.85. The fourth-order valence-electron chi connectivity index (χ4n) is 2.90. The summed E-state index contributed by atoms with van der Waals surface area (Å²) in [7, 11) is 1.46. The van der Waals surface area contributed by atoms with Crippen LogP contribution >= 0.6 is 0 Å². The van der Waals surface area contributed by atoms with E-state index in [-0.39, 0.29) is 29.4 Å². The van der Waals surface area contributed by atoms with Gasteiger partial charge in [0.05, 0.1) is 12.7 Å². The number of carbonyl (C=O) groups is 1. The second-order valence-corrected chi connectivity index (χ2v) is 7.02. The summed E-state index contributed by atoms with van der Waals surface area (Å²) >= 11 is 0. The van der Waals surface area contributed by atoms with Crippen LogP contribution < -0.4 is 14.8 Å². The average Bonchev–Trinajstić information content (AvgIpc) is 2.82. The van der Waals surface area contributed by atoms with Crippen LogP contribution in [0.3, 0.4) is 0 Å². The highest BCUT2D eigenvalue weighted by Gasteiger charge is 2.30. The van der Waals surface area contributed by atoms with Gasteiger partial charge in [0.15, 0.2) is 0 Å². The number of nitrogens with one attached hydrogen (secondary N) is 1. The van der Waals surface area contributed by atoms with Gasteiger partial charge in [-0.25, -0.2) is 4.39 Å². The quantitative estimate of drug-likeness (QED) is 0.262. The zero-order chi connectivity index (χ0) is 24.7. The molecule has 0 aliphatic carbocycles. The number of benzene rings is 3. The van der Waals surface area contributed by atoms with Gasteiger partial charge in [0.25, 0.3) is 5.91 Å². The van der Waals surface area contributed by atoms with Crippen LogP contribution in [0.5, 0.6) is 11.5 Å². The van der Waals surface area contributed by atoms with Crippen LogP contribution in [0, 0.1) is 17.1 Å². The van der Waals surface area contributed by atoms with E-state index < -0.39 is 17.6 Å². The van der Waals surface area contributed by atoms with E-state index in [2.05, 4.69) is 5.32 Å². The minimum Gasteiger partial charge on any atom is -0.497 e. The van der Waals surface area contributed by atoms with Crippen LogP contribution in [0.25, 0.3) is 6.08 Å². The number of halogens is 4. The van der Waals surface area contributed by atoms with Crippen molar-refractivity contribution in [1.29, 1.82) is 5.26 Å². The monoisotopic (exact) mass is 470 g/mol. The third-order valence-electron chi connectivity index (χ3n) is 4.64. The lowest BCUT2D eigenvalue weighted by Gasteiger charge is -2.12. The molecule has 0 fully saturated rings. The number of carbonyl (C=O) groups excluding carboxylic acids is 1. The maximum absolute atomic E-state index is 13.1. The molecule has 3 rings (SSSR count). The first-order chi connectivity index (χ1) is 16.2. The summed E-state index contributed by atoms with van der Waals surface area (Å²) in [6.45, 7) is 0.0760. The molecule has 3 aromatic carbocycles. The number of alkyl halides is 3. The van der Waals surface area contributed by atoms with Crippen LogP contribution in [0.2, 0.25) is 0 Å². The molecule has 0 atom stereocenters. The largest absolute Gasteiger partial charge is 0.497 e. The summed E-state index contributed by atoms with van der Waals surface area (Å²) in [6.07, 6.45) is -3.32. The molecule has 3 aromatic rings. The number of hydrogen-bond donors (Lipinski definition) is 1. The summed E-state index contributed by atoms with van der Waals surface area (Å²) in [4.78, 5) is 12.6. The van der Waals surface area contributed by atoms with Crippen molar-refractivity contribution in [2.45, 2.75) is 12.8 Å². The Morgan fingerprint density at radius 2 is 1.82 bits per heavy atom. The number of methoxy groups -OCH3 is 1. The summed E-state index contributed by atoms with van der Waals surface area (Å²) in [5, 5.41) is 11.8. The minimum absolute atomic E-state index is 0.0760. The molecule has 1 amide bonds. The van der Waals surface area contributed by atoms with Gasteiger partial charge >= 0.3 is 6.18 Å². The highest BCUT2D eigenvalue weighted by Crippen LogP contribution is 2.31. The Labute approximate surface area is 192 Å². The Hall–Kier alpha value is -4.32. The van der Waals surface area contributed by atoms with E-state index in [1.807, 2.05) is 0 Å². The molecular weight excluding hydrogens is 452 g/mol. The van der Waals surface area contributed by atoms with Gasteiger partial charge in [-0.05, 0) is 54.1 Å². The third kappa shape index (κ3) is 6.36. The normalized spacial score (nSPS) is 11.5. The van der Waals surface area contributed by atoms with E-state index in [0.717, 1.165) is 18.2 Å². The van der Waals surface area contributed by atoms with E-state index in [0.29, 0.717) is 16.9 Å². The number of nitriles is 1. The van der Waals surface area contributed by atoms with Gasteiger partial charge < -0.3 is 14.8 Å². The maximum atomic E-state index is 13.1. The molecule has 0 spiro atoms. The first-order valence-electron chi connectivity index (χ1n) is 9.85. The van der Waals surface area contributed by atoms with Crippen molar-refractivity contribution in [2.24, 2.45) is 0 Å². The molecule has 0 saturated heterocycles. The fourth-order valence-corrected chi connectivity index (χ4v) is 2.90. The highest BCUT2D eigenvalue weighted by atomic mass is 19.4. The zero-order valence-electron chi connectivity index (χ0n) is 17.8. The van der Waals surface area contributed by atoms with Crippen molar-refractivity contribution < 1.29 is 31.8 Å². The predicted molar refractivity (Wildman–Crippen MR) is 117 cm³/mol. The number of anilines is 1. The van der Waals surface area contributed by atoms with Gasteiger partial charge in [0, 0.05) is 17.3 Å². The smallest absolute Gasteiger partial charge is 0.416 e. The molecule has 5 nitrogen and oxygen atoms in total. The second-order valence-electron chi connectivity index (χ2n) is 7.02. The lowest BCUT2D eigenvalue weighted by Crippen LogP contribution is -2.14. The Morgan fingerprint density at radius 1 is 1.09 bits per heavy atom. The minimum atomic E-state index is -4.57. The molecule has 0 heterocycles. The lowest BCUT2D eigenvalue weighted by atomic mass is 10.1. The van der Waals surface area contributed by atoms with Crippen LogP contribution in [-0.2, 0) is 17.6 Å². The molecule has 0 unspecified atom stereocenters. The molecule has 0 bridgehead atoms. The van der Waals surface area contributed by atoms with E-state index in [1.54, 1.807) is 36.4 Å². The van der Waals surface area contributed by atoms with E-state index >= 15 is 0 Å². The molecule has 9 heteroatoms. The first kappa shape index (κ1) is 24.3. The van der Waals surface area contributed by atoms with E-state index in [4.69, 9.17) is 9.47 Å². The van der Waals surface area contributed by atoms with Crippen molar-refractivity contribution in [3.05, 3.63) is 94.8 Å². The van der Waals surface area contributed by atoms with Crippen LogP contribution in [0.15, 0.2) is 72.3 Å². The van der Waals surface area contributed by atoms with Gasteiger partial charge in [-0.3, -0.25) is 4.79 Å². The first-order valence-corrected chi connectivity index (χ1v) is 9.85. The van der Waals surface area contributed by atoms with Gasteiger partial charge in [-0.1, -0.05) is 18.2 Å². The molecule has 1 N–H and O–H groups in total. The van der Waals surface area contributed by atoms with Crippen molar-refractivity contribution >= 4 is 17.7 Å². The molecule has 34 heavy (non-hydrogen) atoms. The van der Waals surface area contributed by atoms with Crippen molar-refractivity contribution in [3.8, 4) is 17.6 Å². The Morgan fingerprint density at radius 3 is 2.47 bits per heavy atom. The van der Waals surface area contributed by atoms with Crippen molar-refractivity contribution in [2.75, 3.05) is 12.4 Å². The molecule has 174 valence electrons. The predicted octanol–water partition coefficient (Wildman–Crippen LogP) is 5.98. The topological polar surface area (TPSA) is 71.3 Å². The third-order valence-corrected chi connectivity index (χ3v) is 4.64. The SMILES string of the molecule is COc1ccc(/C=C(\C#N)C(=O)Nc2cccc(C(F)(F)F)c2)c(OCc2ccc(F)cc2)c1. The van der Waals surface area contributed by atoms with Crippen molar-refractivity contribution in [3.63, 3.8) is 0 Å². The highest BCUT2D eigenvalue weighted by molar-refractivity contribution is 6.09. The van der Waals surface area contributed by atoms with Gasteiger partial charge in [0.2, 0.25) is 0 Å². The van der Waals surface area contributed by atoms with Crippen LogP contribution in [0.4, 0.5) is 23.2 Å². The number of hydrogen-bond acceptors (Lipinski definition) is 4. The van der Waals surface area contributed by atoms with Crippen molar-refractivity contribution in [1.82, 2.24) is 0 Å². The summed E-state index contributed by atoms with van der Waals surface area (Å²) < 4.78 is 62.9. The molecule has 0 aromatic heterocycles. The summed E-state index contributed by atoms with van der Waals surface area (Å²) in [5.41, 5.74) is -0.349. The summed E-state index contributed by atoms with van der Waals surface area (Å²) in [6, 6.07) is 16.2.